The van der Waals surface area contributed by atoms with Crippen LogP contribution in [0.4, 0.5) is 30.2 Å². The van der Waals surface area contributed by atoms with Gasteiger partial charge in [-0.25, -0.2) is 18.0 Å². The fourth-order valence-corrected chi connectivity index (χ4v) is 13.3. The molecule has 0 spiro atoms. The van der Waals surface area contributed by atoms with Gasteiger partial charge in [0.1, 0.15) is 37.5 Å². The summed E-state index contributed by atoms with van der Waals surface area (Å²) in [5.74, 6) is -2.97. The number of fused-ring (bicyclic) bond motifs is 9. The van der Waals surface area contributed by atoms with E-state index in [1.807, 2.05) is 45.6 Å². The van der Waals surface area contributed by atoms with Crippen LogP contribution in [0.25, 0.3) is 47.2 Å². The molecule has 6 aromatic heterocycles. The minimum absolute atomic E-state index is 0.0850. The number of thiazole rings is 3. The molecular weight excluding hydrogens is 976 g/mol. The summed E-state index contributed by atoms with van der Waals surface area (Å²) in [7, 11) is 6.00. The molecule has 9 aromatic rings. The van der Waals surface area contributed by atoms with Gasteiger partial charge in [0.25, 0.3) is 0 Å². The molecule has 12 rings (SSSR count). The van der Waals surface area contributed by atoms with Crippen molar-refractivity contribution in [1.82, 2.24) is 27.9 Å². The number of carboxylic acid groups (broad SMARTS) is 1. The van der Waals surface area contributed by atoms with Crippen LogP contribution in [-0.4, -0.2) is 139 Å². The number of nitrogens with zero attached hydrogens (tertiary/aromatic N) is 9. The quantitative estimate of drug-likeness (QED) is 0.174. The first kappa shape index (κ1) is 45.6. The highest BCUT2D eigenvalue weighted by atomic mass is 32.1. The van der Waals surface area contributed by atoms with Crippen molar-refractivity contribution >= 4 is 104 Å². The monoisotopic (exact) mass is 1020 g/mol. The molecule has 1 unspecified atom stereocenters. The Morgan fingerprint density at radius 3 is 1.44 bits per heavy atom. The highest BCUT2D eigenvalue weighted by molar-refractivity contribution is 7.16. The highest BCUT2D eigenvalue weighted by Crippen LogP contribution is 2.41. The molecule has 3 aliphatic heterocycles. The molecule has 3 aromatic carbocycles. The van der Waals surface area contributed by atoms with Crippen molar-refractivity contribution in [1.29, 1.82) is 0 Å². The van der Waals surface area contributed by atoms with Gasteiger partial charge >= 0.3 is 5.97 Å². The number of aromatic nitrogens is 3. The molecule has 3 aliphatic rings. The number of halogens is 3. The van der Waals surface area contributed by atoms with Crippen molar-refractivity contribution in [2.75, 3.05) is 114 Å². The summed E-state index contributed by atoms with van der Waals surface area (Å²) in [4.78, 5) is 68.4. The lowest BCUT2D eigenvalue weighted by molar-refractivity contribution is 0.0697. The van der Waals surface area contributed by atoms with Crippen LogP contribution in [0, 0.1) is 17.5 Å². The zero-order chi connectivity index (χ0) is 49.1. The minimum Gasteiger partial charge on any atom is -0.477 e. The Hall–Kier alpha value is -6.49. The van der Waals surface area contributed by atoms with Gasteiger partial charge in [0.15, 0.2) is 17.0 Å². The average molecular weight is 1020 g/mol. The van der Waals surface area contributed by atoms with E-state index in [1.54, 1.807) is 37.8 Å². The number of rotatable bonds is 8. The number of benzene rings is 3. The van der Waals surface area contributed by atoms with Gasteiger partial charge in [-0.1, -0.05) is 0 Å². The molecule has 0 aliphatic carbocycles. The number of ether oxygens (including phenoxy) is 1. The van der Waals surface area contributed by atoms with E-state index < -0.39 is 40.5 Å². The van der Waals surface area contributed by atoms with Gasteiger partial charge in [0.05, 0.1) is 55.8 Å². The van der Waals surface area contributed by atoms with Gasteiger partial charge in [-0.15, -0.1) is 34.0 Å². The van der Waals surface area contributed by atoms with Gasteiger partial charge in [0, 0.05) is 112 Å². The third-order valence-electron chi connectivity index (χ3n) is 14.4. The molecule has 0 amide bonds. The van der Waals surface area contributed by atoms with E-state index in [4.69, 9.17) is 4.74 Å². The van der Waals surface area contributed by atoms with Crippen LogP contribution in [0.2, 0.25) is 0 Å². The van der Waals surface area contributed by atoms with E-state index in [0.717, 1.165) is 30.5 Å². The predicted octanol–water partition coefficient (Wildman–Crippen LogP) is 6.71. The lowest BCUT2D eigenvalue weighted by Crippen LogP contribution is -2.44. The fraction of sp³-hybridized carbons (Fsp3) is 0.320. The lowest BCUT2D eigenvalue weighted by atomic mass is 10.1. The molecule has 0 radical (unpaired) electrons. The summed E-state index contributed by atoms with van der Waals surface area (Å²) in [5, 5.41) is 16.1. The Morgan fingerprint density at radius 2 is 0.944 bits per heavy atom. The van der Waals surface area contributed by atoms with E-state index in [0.29, 0.717) is 109 Å². The summed E-state index contributed by atoms with van der Waals surface area (Å²) in [5.41, 5.74) is 0.661. The number of carbonyl (C=O) groups is 1. The summed E-state index contributed by atoms with van der Waals surface area (Å²) < 4.78 is 61.2. The number of piperazine rings is 3. The standard InChI is InChI=1S/C50H46F3N9O6S3/c1-54-4-10-57(11-5-54)36-19-33-27(16-30(36)51)41(63)22-44-60(33)39(24-69-44)48(68-43-26-70-45-23-42(64)28-17-31(52)37(20-34(28)62(43)45)58-12-6-55(2)7-13-58)40-25-71-49-46(50(66)67)47(65)29-18-32(53)38(21-35(29)61(40)49)59-14-8-56(3)9-15-59/h16-26,48H,4-15H2,1-3H3,(H,66,67). The van der Waals surface area contributed by atoms with Crippen molar-refractivity contribution in [2.45, 2.75) is 6.10 Å². The number of pyridine rings is 3. The summed E-state index contributed by atoms with van der Waals surface area (Å²) in [6, 6.07) is 11.5. The topological polar surface area (TPSA) is 130 Å². The lowest BCUT2D eigenvalue weighted by Gasteiger charge is -2.34. The maximum absolute atomic E-state index is 16.4. The Kier molecular flexibility index (Phi) is 11.2. The smallest absolute Gasteiger partial charge is 0.342 e. The number of carboxylic acids is 1. The Labute approximate surface area is 414 Å². The number of anilines is 3. The van der Waals surface area contributed by atoms with Crippen LogP contribution in [0.3, 0.4) is 0 Å². The molecule has 1 atom stereocenters. The highest BCUT2D eigenvalue weighted by Gasteiger charge is 2.32. The second kappa shape index (κ2) is 17.4. The van der Waals surface area contributed by atoms with Crippen LogP contribution in [0.1, 0.15) is 27.8 Å². The van der Waals surface area contributed by atoms with Gasteiger partial charge in [0.2, 0.25) is 11.3 Å². The average Bonchev–Trinajstić information content (AvgIpc) is 4.09. The Morgan fingerprint density at radius 1 is 0.535 bits per heavy atom. The Bertz CT molecular complexity index is 3860. The first-order chi connectivity index (χ1) is 34.2. The molecule has 1 N–H and O–H groups in total. The van der Waals surface area contributed by atoms with Gasteiger partial charge < -0.3 is 39.2 Å². The molecule has 71 heavy (non-hydrogen) atoms. The van der Waals surface area contributed by atoms with Crippen LogP contribution in [-0.2, 0) is 0 Å². The van der Waals surface area contributed by atoms with Crippen molar-refractivity contribution in [3.63, 3.8) is 0 Å². The molecule has 0 bridgehead atoms. The largest absolute Gasteiger partial charge is 0.477 e. The summed E-state index contributed by atoms with van der Waals surface area (Å²) >= 11 is 3.52. The van der Waals surface area contributed by atoms with Crippen LogP contribution >= 0.6 is 34.0 Å². The number of aromatic carboxylic acids is 1. The first-order valence-electron chi connectivity index (χ1n) is 23.2. The maximum atomic E-state index is 16.4. The zero-order valence-electron chi connectivity index (χ0n) is 38.8. The third-order valence-corrected chi connectivity index (χ3v) is 17.2. The molecule has 3 saturated heterocycles. The van der Waals surface area contributed by atoms with Crippen LogP contribution in [0.5, 0.6) is 5.88 Å². The molecule has 0 saturated carbocycles. The maximum Gasteiger partial charge on any atom is 0.342 e. The van der Waals surface area contributed by atoms with E-state index in [2.05, 4.69) is 14.7 Å². The minimum atomic E-state index is -1.49. The van der Waals surface area contributed by atoms with Gasteiger partial charge in [-0.2, -0.15) is 0 Å². The van der Waals surface area contributed by atoms with E-state index in [1.165, 1.54) is 46.9 Å². The molecular formula is C50H46F3N9O6S3. The molecule has 21 heteroatoms. The van der Waals surface area contributed by atoms with Crippen molar-refractivity contribution in [3.05, 3.63) is 130 Å². The molecule has 15 nitrogen and oxygen atoms in total. The van der Waals surface area contributed by atoms with E-state index in [9.17, 15) is 24.3 Å². The normalized spacial score (nSPS) is 17.3. The number of hydrogen-bond acceptors (Lipinski definition) is 14. The Balaban J connectivity index is 1.14. The van der Waals surface area contributed by atoms with Crippen LogP contribution in [0.15, 0.2) is 79.1 Å². The second-order valence-electron chi connectivity index (χ2n) is 18.7. The van der Waals surface area contributed by atoms with E-state index >= 15 is 13.2 Å². The molecule has 366 valence electrons. The number of likely N-dealkylation sites (N-methyl/N-ethyl adjacent to an activating group) is 3. The van der Waals surface area contributed by atoms with Crippen molar-refractivity contribution < 1.29 is 27.8 Å². The number of hydrogen-bond donors (Lipinski definition) is 1. The van der Waals surface area contributed by atoms with Gasteiger partial charge in [-0.3, -0.25) is 27.6 Å². The zero-order valence-corrected chi connectivity index (χ0v) is 41.2. The van der Waals surface area contributed by atoms with Crippen molar-refractivity contribution in [2.24, 2.45) is 0 Å². The summed E-state index contributed by atoms with van der Waals surface area (Å²) in [6.45, 7) is 7.48. The third kappa shape index (κ3) is 7.54. The van der Waals surface area contributed by atoms with Crippen LogP contribution < -0.4 is 35.7 Å². The first-order valence-corrected chi connectivity index (χ1v) is 25.9. The van der Waals surface area contributed by atoms with E-state index in [-0.39, 0.29) is 48.9 Å². The fourth-order valence-electron chi connectivity index (χ4n) is 10.4. The van der Waals surface area contributed by atoms with Crippen molar-refractivity contribution in [3.8, 4) is 5.88 Å². The summed E-state index contributed by atoms with van der Waals surface area (Å²) in [6.07, 6.45) is -1.20. The predicted molar refractivity (Wildman–Crippen MR) is 276 cm³/mol. The second-order valence-corrected chi connectivity index (χ2v) is 21.4. The molecule has 9 heterocycles. The molecule has 3 fully saturated rings. The SMILES string of the molecule is CN1CCN(c2cc3c(cc2F)c(=O)cc2scc(OC(c4csc5cc(=O)c6cc(F)c(N7CCN(C)CC7)cc6n45)c4csc5c(C(=O)O)c(=O)c6cc(F)c(N7CCN(C)CC7)cc6n45)n23)CC1. The van der Waals surface area contributed by atoms with Gasteiger partial charge in [-0.05, 0) is 57.5 Å².